The molecule has 6 nitrogen and oxygen atoms in total. The van der Waals surface area contributed by atoms with Gasteiger partial charge in [-0.25, -0.2) is 8.78 Å². The number of carbonyl (C=O) groups excluding carboxylic acids is 2. The lowest BCUT2D eigenvalue weighted by atomic mass is 10.0. The van der Waals surface area contributed by atoms with Gasteiger partial charge in [-0.05, 0) is 56.5 Å². The molecule has 0 radical (unpaired) electrons. The summed E-state index contributed by atoms with van der Waals surface area (Å²) < 4.78 is 32.9. The number of aromatic nitrogens is 1. The third-order valence-electron chi connectivity index (χ3n) is 4.18. The first-order valence-corrected chi connectivity index (χ1v) is 8.95. The molecule has 0 saturated heterocycles. The molecule has 0 aliphatic rings. The highest BCUT2D eigenvalue weighted by Gasteiger charge is 2.23. The molecule has 1 aromatic carbocycles. The molecule has 1 atom stereocenters. The highest BCUT2D eigenvalue weighted by Crippen LogP contribution is 2.24. The lowest BCUT2D eigenvalue weighted by molar-refractivity contribution is -0.123. The lowest BCUT2D eigenvalue weighted by Gasteiger charge is -2.18. The number of nitrogens with one attached hydrogen (secondary N) is 1. The molecule has 0 unspecified atom stereocenters. The second kappa shape index (κ2) is 10.5. The fourth-order valence-corrected chi connectivity index (χ4v) is 2.56. The number of benzene rings is 1. The largest absolute Gasteiger partial charge is 0.480 e. The number of hydrogen-bond donors (Lipinski definition) is 2. The minimum absolute atomic E-state index is 0.203. The van der Waals surface area contributed by atoms with E-state index in [9.17, 15) is 18.4 Å². The van der Waals surface area contributed by atoms with Gasteiger partial charge < -0.3 is 15.8 Å². The summed E-state index contributed by atoms with van der Waals surface area (Å²) in [6.45, 7) is 1.35. The summed E-state index contributed by atoms with van der Waals surface area (Å²) in [7, 11) is 0. The number of carbonyl (C=O) groups is 2. The first-order valence-electron chi connectivity index (χ1n) is 8.95. The van der Waals surface area contributed by atoms with E-state index in [1.54, 1.807) is 0 Å². The Morgan fingerprint density at radius 3 is 2.57 bits per heavy atom. The maximum absolute atomic E-state index is 14.0. The van der Waals surface area contributed by atoms with Gasteiger partial charge in [-0.15, -0.1) is 0 Å². The molecule has 2 rings (SSSR count). The lowest BCUT2D eigenvalue weighted by Crippen LogP contribution is -2.43. The molecule has 2 aromatic rings. The summed E-state index contributed by atoms with van der Waals surface area (Å²) in [5, 5.41) is 2.64. The van der Waals surface area contributed by atoms with Crippen molar-refractivity contribution in [2.75, 3.05) is 13.2 Å². The number of aryl methyl sites for hydroxylation is 1. The number of Topliss-reactive ketones (excluding diaryl/α,β-unsaturated/α-hetero) is 1. The zero-order valence-electron chi connectivity index (χ0n) is 15.6. The van der Waals surface area contributed by atoms with E-state index in [-0.39, 0.29) is 5.56 Å². The third-order valence-corrected chi connectivity index (χ3v) is 4.18. The number of hydrogen-bond acceptors (Lipinski definition) is 5. The highest BCUT2D eigenvalue weighted by atomic mass is 19.1. The van der Waals surface area contributed by atoms with Gasteiger partial charge in [0.15, 0.2) is 23.2 Å². The topological polar surface area (TPSA) is 94.3 Å². The number of ether oxygens (including phenoxy) is 1. The number of amides is 1. The quantitative estimate of drug-likeness (QED) is 0.607. The van der Waals surface area contributed by atoms with Gasteiger partial charge in [0.05, 0.1) is 6.04 Å². The predicted octanol–water partition coefficient (Wildman–Crippen LogP) is 2.54. The van der Waals surface area contributed by atoms with Gasteiger partial charge in [0.25, 0.3) is 5.91 Å². The van der Waals surface area contributed by atoms with Gasteiger partial charge in [0.2, 0.25) is 0 Å². The van der Waals surface area contributed by atoms with Crippen molar-refractivity contribution in [3.05, 3.63) is 59.4 Å². The van der Waals surface area contributed by atoms with E-state index < -0.39 is 41.7 Å². The molecule has 8 heteroatoms. The van der Waals surface area contributed by atoms with Gasteiger partial charge in [-0.2, -0.15) is 0 Å². The number of ketones is 1. The minimum Gasteiger partial charge on any atom is -0.480 e. The zero-order chi connectivity index (χ0) is 20.5. The third kappa shape index (κ3) is 5.82. The van der Waals surface area contributed by atoms with Crippen LogP contribution in [0.15, 0.2) is 36.7 Å². The van der Waals surface area contributed by atoms with E-state index in [2.05, 4.69) is 10.3 Å². The van der Waals surface area contributed by atoms with Crippen LogP contribution in [0.2, 0.25) is 0 Å². The Morgan fingerprint density at radius 2 is 1.89 bits per heavy atom. The fraction of sp³-hybridized carbons (Fsp3) is 0.350. The summed E-state index contributed by atoms with van der Waals surface area (Å²) >= 11 is 0. The molecular weight excluding hydrogens is 368 g/mol. The standard InChI is InChI=1S/C20H23F2N3O3/c1-13-5-6-15(21)19(18(13)22)28-12-17(26)16(4-2-3-9-23)25-20(27)14-7-10-24-11-8-14/h5-8,10-11,16H,2-4,9,12,23H2,1H3,(H,25,27)/t16-/m0/s1. The molecular formula is C20H23F2N3O3. The van der Waals surface area contributed by atoms with Crippen molar-refractivity contribution in [3.63, 3.8) is 0 Å². The van der Waals surface area contributed by atoms with Crippen molar-refractivity contribution < 1.29 is 23.1 Å². The van der Waals surface area contributed by atoms with Crippen LogP contribution < -0.4 is 15.8 Å². The van der Waals surface area contributed by atoms with Crippen LogP contribution in [0.5, 0.6) is 5.75 Å². The minimum atomic E-state index is -0.892. The Bertz CT molecular complexity index is 816. The maximum Gasteiger partial charge on any atom is 0.251 e. The first kappa shape index (κ1) is 21.4. The molecule has 3 N–H and O–H groups in total. The van der Waals surface area contributed by atoms with Crippen LogP contribution in [-0.4, -0.2) is 35.9 Å². The molecule has 0 bridgehead atoms. The Kier molecular flexibility index (Phi) is 8.01. The van der Waals surface area contributed by atoms with Crippen LogP contribution in [0.1, 0.15) is 35.2 Å². The SMILES string of the molecule is Cc1ccc(F)c(OCC(=O)[C@H](CCCCN)NC(=O)c2ccncc2)c1F. The van der Waals surface area contributed by atoms with Crippen LogP contribution in [0.3, 0.4) is 0 Å². The number of unbranched alkanes of at least 4 members (excludes halogenated alkanes) is 1. The number of rotatable bonds is 10. The summed E-state index contributed by atoms with van der Waals surface area (Å²) in [6.07, 6.45) is 4.56. The molecule has 1 aromatic heterocycles. The van der Waals surface area contributed by atoms with E-state index in [1.165, 1.54) is 37.5 Å². The average Bonchev–Trinajstić information content (AvgIpc) is 2.70. The Hall–Kier alpha value is -2.87. The molecule has 0 aliphatic heterocycles. The van der Waals surface area contributed by atoms with Gasteiger partial charge >= 0.3 is 0 Å². The van der Waals surface area contributed by atoms with E-state index in [0.717, 1.165) is 6.07 Å². The van der Waals surface area contributed by atoms with Crippen LogP contribution in [0.25, 0.3) is 0 Å². The van der Waals surface area contributed by atoms with Crippen molar-refractivity contribution in [3.8, 4) is 5.75 Å². The van der Waals surface area contributed by atoms with Crippen LogP contribution in [-0.2, 0) is 4.79 Å². The van der Waals surface area contributed by atoms with Gasteiger partial charge in [0, 0.05) is 18.0 Å². The van der Waals surface area contributed by atoms with E-state index in [1.807, 2.05) is 0 Å². The van der Waals surface area contributed by atoms with Crippen LogP contribution in [0, 0.1) is 18.6 Å². The number of pyridine rings is 1. The average molecular weight is 391 g/mol. The second-order valence-corrected chi connectivity index (χ2v) is 6.31. The predicted molar refractivity (Wildman–Crippen MR) is 100.0 cm³/mol. The van der Waals surface area contributed by atoms with E-state index >= 15 is 0 Å². The first-order chi connectivity index (χ1) is 13.4. The highest BCUT2D eigenvalue weighted by molar-refractivity contribution is 5.98. The molecule has 0 fully saturated rings. The number of nitrogens with zero attached hydrogens (tertiary/aromatic N) is 1. The molecule has 28 heavy (non-hydrogen) atoms. The smallest absolute Gasteiger partial charge is 0.251 e. The fourth-order valence-electron chi connectivity index (χ4n) is 2.56. The van der Waals surface area contributed by atoms with Crippen molar-refractivity contribution in [2.24, 2.45) is 5.73 Å². The van der Waals surface area contributed by atoms with Gasteiger partial charge in [-0.1, -0.05) is 6.07 Å². The summed E-state index contributed by atoms with van der Waals surface area (Å²) in [5.41, 5.74) is 6.03. The van der Waals surface area contributed by atoms with Crippen molar-refractivity contribution in [2.45, 2.75) is 32.2 Å². The second-order valence-electron chi connectivity index (χ2n) is 6.31. The zero-order valence-corrected chi connectivity index (χ0v) is 15.6. The molecule has 0 aliphatic carbocycles. The molecule has 0 saturated carbocycles. The Labute approximate surface area is 162 Å². The van der Waals surface area contributed by atoms with Gasteiger partial charge in [0.1, 0.15) is 6.61 Å². The van der Waals surface area contributed by atoms with E-state index in [0.29, 0.717) is 31.4 Å². The maximum atomic E-state index is 14.0. The normalized spacial score (nSPS) is 11.7. The summed E-state index contributed by atoms with van der Waals surface area (Å²) in [6, 6.07) is 4.53. The Morgan fingerprint density at radius 1 is 1.18 bits per heavy atom. The molecule has 150 valence electrons. The Balaban J connectivity index is 2.06. The van der Waals surface area contributed by atoms with Gasteiger partial charge in [-0.3, -0.25) is 14.6 Å². The van der Waals surface area contributed by atoms with Crippen molar-refractivity contribution in [1.82, 2.24) is 10.3 Å². The van der Waals surface area contributed by atoms with Crippen LogP contribution in [0.4, 0.5) is 8.78 Å². The summed E-state index contributed by atoms with van der Waals surface area (Å²) in [5.74, 6) is -3.28. The van der Waals surface area contributed by atoms with E-state index in [4.69, 9.17) is 10.5 Å². The monoisotopic (exact) mass is 391 g/mol. The van der Waals surface area contributed by atoms with Crippen molar-refractivity contribution in [1.29, 1.82) is 0 Å². The summed E-state index contributed by atoms with van der Waals surface area (Å²) in [4.78, 5) is 28.7. The molecule has 0 spiro atoms. The molecule has 1 heterocycles. The molecule has 1 amide bonds. The number of nitrogens with two attached hydrogens (primary N) is 1. The number of halogens is 2. The van der Waals surface area contributed by atoms with Crippen LogP contribution >= 0.6 is 0 Å². The van der Waals surface area contributed by atoms with Crippen molar-refractivity contribution >= 4 is 11.7 Å².